The van der Waals surface area contributed by atoms with Gasteiger partial charge < -0.3 is 5.11 Å². The van der Waals surface area contributed by atoms with Crippen LogP contribution in [0.1, 0.15) is 13.8 Å². The lowest BCUT2D eigenvalue weighted by atomic mass is 10.1. The fraction of sp³-hybridized carbons (Fsp3) is 1.00. The molecule has 50 valence electrons. The molecule has 0 bridgehead atoms. The molecular formula is C5H13NO2. The van der Waals surface area contributed by atoms with Crippen molar-refractivity contribution in [3.63, 3.8) is 0 Å². The molecule has 0 saturated carbocycles. The van der Waals surface area contributed by atoms with Crippen molar-refractivity contribution in [3.05, 3.63) is 0 Å². The zero-order valence-electron chi connectivity index (χ0n) is 5.29. The Morgan fingerprint density at radius 2 is 2.12 bits per heavy atom. The molecule has 8 heavy (non-hydrogen) atoms. The van der Waals surface area contributed by atoms with Crippen molar-refractivity contribution < 1.29 is 9.94 Å². The first-order valence-electron chi connectivity index (χ1n) is 2.68. The molecule has 0 aliphatic heterocycles. The third-order valence-electron chi connectivity index (χ3n) is 1.10. The lowest BCUT2D eigenvalue weighted by Crippen LogP contribution is -2.26. The van der Waals surface area contributed by atoms with Crippen LogP contribution < -0.4 is 5.90 Å². The summed E-state index contributed by atoms with van der Waals surface area (Å²) in [7, 11) is 0. The summed E-state index contributed by atoms with van der Waals surface area (Å²) >= 11 is 0. The average Bonchev–Trinajstić information content (AvgIpc) is 1.69. The highest BCUT2D eigenvalue weighted by molar-refractivity contribution is 4.57. The number of aliphatic hydroxyl groups is 1. The molecule has 0 fully saturated rings. The van der Waals surface area contributed by atoms with Crippen LogP contribution in [-0.4, -0.2) is 17.8 Å². The third kappa shape index (κ3) is 2.26. The fourth-order valence-corrected chi connectivity index (χ4v) is 0.411. The van der Waals surface area contributed by atoms with Crippen LogP contribution in [0.25, 0.3) is 0 Å². The summed E-state index contributed by atoms with van der Waals surface area (Å²) in [4.78, 5) is 4.41. The zero-order valence-corrected chi connectivity index (χ0v) is 5.29. The summed E-state index contributed by atoms with van der Waals surface area (Å²) in [5.74, 6) is 5.11. The van der Waals surface area contributed by atoms with Gasteiger partial charge in [0.05, 0.1) is 6.61 Å². The summed E-state index contributed by atoms with van der Waals surface area (Å²) in [5, 5.41) is 8.49. The van der Waals surface area contributed by atoms with Crippen molar-refractivity contribution in [2.45, 2.75) is 20.0 Å². The Kier molecular flexibility index (Phi) is 3.77. The van der Waals surface area contributed by atoms with E-state index < -0.39 is 0 Å². The normalized spacial score (nSPS) is 14.6. The van der Waals surface area contributed by atoms with Gasteiger partial charge in [0, 0.05) is 0 Å². The van der Waals surface area contributed by atoms with Gasteiger partial charge in [-0.2, -0.15) is 0 Å². The number of hydrogen-bond acceptors (Lipinski definition) is 3. The van der Waals surface area contributed by atoms with Crippen LogP contribution in [0, 0.1) is 5.92 Å². The first kappa shape index (κ1) is 7.88. The molecule has 0 aromatic heterocycles. The number of rotatable bonds is 3. The predicted octanol–water partition coefficient (Wildman–Crippen LogP) is -0.106. The van der Waals surface area contributed by atoms with Gasteiger partial charge >= 0.3 is 0 Å². The van der Waals surface area contributed by atoms with Gasteiger partial charge in [-0.3, -0.25) is 4.84 Å². The topological polar surface area (TPSA) is 55.5 Å². The molecule has 0 amide bonds. The average molecular weight is 119 g/mol. The molecule has 0 aliphatic rings. The molecule has 0 saturated heterocycles. The molecule has 0 aromatic rings. The minimum absolute atomic E-state index is 0.00579. The maximum Gasteiger partial charge on any atom is 0.104 e. The molecule has 3 heteroatoms. The summed E-state index contributed by atoms with van der Waals surface area (Å²) < 4.78 is 0. The summed E-state index contributed by atoms with van der Waals surface area (Å²) in [6.45, 7) is 3.87. The van der Waals surface area contributed by atoms with Gasteiger partial charge in [0.25, 0.3) is 0 Å². The molecule has 0 rings (SSSR count). The van der Waals surface area contributed by atoms with Crippen LogP contribution >= 0.6 is 0 Å². The molecule has 0 heterocycles. The Morgan fingerprint density at radius 3 is 2.12 bits per heavy atom. The second-order valence-electron chi connectivity index (χ2n) is 2.10. The third-order valence-corrected chi connectivity index (χ3v) is 1.10. The van der Waals surface area contributed by atoms with Gasteiger partial charge in [-0.05, 0) is 5.92 Å². The van der Waals surface area contributed by atoms with E-state index in [1.165, 1.54) is 0 Å². The van der Waals surface area contributed by atoms with Crippen molar-refractivity contribution >= 4 is 0 Å². The molecule has 0 radical (unpaired) electrons. The van der Waals surface area contributed by atoms with Gasteiger partial charge in [-0.25, -0.2) is 5.90 Å². The van der Waals surface area contributed by atoms with E-state index >= 15 is 0 Å². The van der Waals surface area contributed by atoms with Crippen molar-refractivity contribution in [3.8, 4) is 0 Å². The van der Waals surface area contributed by atoms with Crippen molar-refractivity contribution in [2.75, 3.05) is 6.61 Å². The molecular weight excluding hydrogens is 106 g/mol. The lowest BCUT2D eigenvalue weighted by molar-refractivity contribution is -0.0155. The molecule has 0 aromatic carbocycles. The van der Waals surface area contributed by atoms with E-state index in [4.69, 9.17) is 11.0 Å². The highest BCUT2D eigenvalue weighted by Gasteiger charge is 2.09. The quantitative estimate of drug-likeness (QED) is 0.510. The second kappa shape index (κ2) is 3.83. The molecule has 1 unspecified atom stereocenters. The Bertz CT molecular complexity index is 52.4. The zero-order chi connectivity index (χ0) is 6.57. The Morgan fingerprint density at radius 1 is 1.62 bits per heavy atom. The van der Waals surface area contributed by atoms with E-state index in [2.05, 4.69) is 4.84 Å². The van der Waals surface area contributed by atoms with Crippen molar-refractivity contribution in [2.24, 2.45) is 11.8 Å². The maximum absolute atomic E-state index is 8.49. The molecule has 0 aliphatic carbocycles. The van der Waals surface area contributed by atoms with E-state index in [1.807, 2.05) is 13.8 Å². The lowest BCUT2D eigenvalue weighted by Gasteiger charge is -2.13. The second-order valence-corrected chi connectivity index (χ2v) is 2.10. The minimum Gasteiger partial charge on any atom is -0.394 e. The van der Waals surface area contributed by atoms with Gasteiger partial charge in [-0.1, -0.05) is 13.8 Å². The van der Waals surface area contributed by atoms with Crippen LogP contribution in [0.3, 0.4) is 0 Å². The van der Waals surface area contributed by atoms with Gasteiger partial charge in [0.2, 0.25) is 0 Å². The number of aliphatic hydroxyl groups excluding tert-OH is 1. The van der Waals surface area contributed by atoms with Gasteiger partial charge in [-0.15, -0.1) is 0 Å². The first-order valence-corrected chi connectivity index (χ1v) is 2.68. The summed E-state index contributed by atoms with van der Waals surface area (Å²) in [6.07, 6.45) is -0.213. The molecule has 0 spiro atoms. The highest BCUT2D eigenvalue weighted by atomic mass is 16.6. The van der Waals surface area contributed by atoms with E-state index in [9.17, 15) is 0 Å². The highest BCUT2D eigenvalue weighted by Crippen LogP contribution is 2.01. The summed E-state index contributed by atoms with van der Waals surface area (Å²) in [6, 6.07) is 0. The van der Waals surface area contributed by atoms with Crippen molar-refractivity contribution in [1.29, 1.82) is 0 Å². The van der Waals surface area contributed by atoms with E-state index in [0.717, 1.165) is 0 Å². The van der Waals surface area contributed by atoms with E-state index in [-0.39, 0.29) is 18.6 Å². The summed E-state index contributed by atoms with van der Waals surface area (Å²) in [5.41, 5.74) is 0. The predicted molar refractivity (Wildman–Crippen MR) is 31.0 cm³/mol. The Balaban J connectivity index is 3.35. The fourth-order valence-electron chi connectivity index (χ4n) is 0.411. The Labute approximate surface area is 49.4 Å². The first-order chi connectivity index (χ1) is 3.72. The van der Waals surface area contributed by atoms with Crippen LogP contribution in [0.2, 0.25) is 0 Å². The monoisotopic (exact) mass is 119 g/mol. The van der Waals surface area contributed by atoms with Crippen LogP contribution in [0.5, 0.6) is 0 Å². The molecule has 3 nitrogen and oxygen atoms in total. The van der Waals surface area contributed by atoms with Gasteiger partial charge in [0.1, 0.15) is 6.10 Å². The minimum atomic E-state index is -0.213. The van der Waals surface area contributed by atoms with Crippen molar-refractivity contribution in [1.82, 2.24) is 0 Å². The molecule has 1 atom stereocenters. The number of hydrogen-bond donors (Lipinski definition) is 2. The largest absolute Gasteiger partial charge is 0.394 e. The maximum atomic E-state index is 8.49. The van der Waals surface area contributed by atoms with Crippen LogP contribution in [0.4, 0.5) is 0 Å². The SMILES string of the molecule is CC(C)C(CO)ON. The van der Waals surface area contributed by atoms with Crippen LogP contribution in [-0.2, 0) is 4.84 Å². The van der Waals surface area contributed by atoms with Gasteiger partial charge in [0.15, 0.2) is 0 Å². The van der Waals surface area contributed by atoms with E-state index in [1.54, 1.807) is 0 Å². The molecule has 3 N–H and O–H groups in total. The standard InChI is InChI=1S/C5H13NO2/c1-4(2)5(3-7)8-6/h4-5,7H,3,6H2,1-2H3. The Hall–Kier alpha value is -0.120. The van der Waals surface area contributed by atoms with Crippen LogP contribution in [0.15, 0.2) is 0 Å². The van der Waals surface area contributed by atoms with E-state index in [0.29, 0.717) is 0 Å². The number of nitrogens with two attached hydrogens (primary N) is 1. The smallest absolute Gasteiger partial charge is 0.104 e.